The van der Waals surface area contributed by atoms with Crippen LogP contribution in [0.4, 0.5) is 4.39 Å². The maximum atomic E-state index is 13.2. The lowest BCUT2D eigenvalue weighted by Crippen LogP contribution is -2.22. The molecule has 0 aliphatic rings. The highest BCUT2D eigenvalue weighted by Crippen LogP contribution is 2.27. The molecular weight excluding hydrogens is 207 g/mol. The van der Waals surface area contributed by atoms with Gasteiger partial charge in [0, 0.05) is 11.6 Å². The minimum atomic E-state index is -0.236. The van der Waals surface area contributed by atoms with Gasteiger partial charge < -0.3 is 15.4 Å². The van der Waals surface area contributed by atoms with E-state index in [-0.39, 0.29) is 11.9 Å². The second-order valence-corrected chi connectivity index (χ2v) is 3.62. The van der Waals surface area contributed by atoms with E-state index in [9.17, 15) is 4.39 Å². The Morgan fingerprint density at radius 2 is 2.12 bits per heavy atom. The summed E-state index contributed by atoms with van der Waals surface area (Å²) >= 11 is 0. The Hall–Kier alpha value is -1.13. The third kappa shape index (κ3) is 3.18. The van der Waals surface area contributed by atoms with Gasteiger partial charge in [-0.3, -0.25) is 0 Å². The molecule has 1 rings (SSSR count). The highest BCUT2D eigenvalue weighted by atomic mass is 19.1. The van der Waals surface area contributed by atoms with Crippen LogP contribution >= 0.6 is 0 Å². The van der Waals surface area contributed by atoms with Crippen molar-refractivity contribution in [3.05, 3.63) is 29.6 Å². The van der Waals surface area contributed by atoms with Crippen LogP contribution in [0.2, 0.25) is 0 Å². The summed E-state index contributed by atoms with van der Waals surface area (Å²) in [5, 5.41) is 6.25. The molecule has 0 saturated carbocycles. The van der Waals surface area contributed by atoms with Crippen molar-refractivity contribution in [3.63, 3.8) is 0 Å². The first-order valence-corrected chi connectivity index (χ1v) is 5.38. The van der Waals surface area contributed by atoms with Gasteiger partial charge in [0.25, 0.3) is 0 Å². The molecule has 3 nitrogen and oxygen atoms in total. The minimum absolute atomic E-state index is 0.0955. The number of halogens is 1. The van der Waals surface area contributed by atoms with Crippen molar-refractivity contribution < 1.29 is 9.13 Å². The largest absolute Gasteiger partial charge is 0.496 e. The maximum Gasteiger partial charge on any atom is 0.123 e. The van der Waals surface area contributed by atoms with Crippen molar-refractivity contribution in [2.24, 2.45) is 0 Å². The van der Waals surface area contributed by atoms with Crippen molar-refractivity contribution >= 4 is 0 Å². The van der Waals surface area contributed by atoms with Crippen LogP contribution in [0.1, 0.15) is 18.0 Å². The lowest BCUT2D eigenvalue weighted by molar-refractivity contribution is 0.396. The molecule has 2 N–H and O–H groups in total. The summed E-state index contributed by atoms with van der Waals surface area (Å²) in [5.74, 6) is 0.484. The average molecular weight is 226 g/mol. The second-order valence-electron chi connectivity index (χ2n) is 3.62. The number of methoxy groups -OCH3 is 1. The quantitative estimate of drug-likeness (QED) is 0.774. The van der Waals surface area contributed by atoms with E-state index in [0.29, 0.717) is 0 Å². The Bertz CT molecular complexity index is 331. The van der Waals surface area contributed by atoms with Gasteiger partial charge in [0.2, 0.25) is 0 Å². The van der Waals surface area contributed by atoms with E-state index in [2.05, 4.69) is 10.6 Å². The van der Waals surface area contributed by atoms with Crippen LogP contribution in [0.3, 0.4) is 0 Å². The van der Waals surface area contributed by atoms with Gasteiger partial charge in [-0.25, -0.2) is 4.39 Å². The molecule has 1 aromatic rings. The smallest absolute Gasteiger partial charge is 0.123 e. The Morgan fingerprint density at radius 1 is 1.38 bits per heavy atom. The molecule has 1 aromatic carbocycles. The molecule has 16 heavy (non-hydrogen) atoms. The van der Waals surface area contributed by atoms with Crippen molar-refractivity contribution in [3.8, 4) is 5.75 Å². The summed E-state index contributed by atoms with van der Waals surface area (Å²) in [4.78, 5) is 0. The lowest BCUT2D eigenvalue weighted by Gasteiger charge is -2.19. The summed E-state index contributed by atoms with van der Waals surface area (Å²) in [6.45, 7) is 0.866. The van der Waals surface area contributed by atoms with E-state index < -0.39 is 0 Å². The summed E-state index contributed by atoms with van der Waals surface area (Å²) in [7, 11) is 5.36. The zero-order valence-electron chi connectivity index (χ0n) is 10.0. The Labute approximate surface area is 96.0 Å². The first-order chi connectivity index (χ1) is 7.72. The maximum absolute atomic E-state index is 13.2. The molecule has 90 valence electrons. The van der Waals surface area contributed by atoms with Gasteiger partial charge in [-0.2, -0.15) is 0 Å². The number of hydrogen-bond donors (Lipinski definition) is 2. The predicted octanol–water partition coefficient (Wildman–Crippen LogP) is 1.70. The topological polar surface area (TPSA) is 33.3 Å². The molecule has 0 spiro atoms. The summed E-state index contributed by atoms with van der Waals surface area (Å²) in [6, 6.07) is 4.69. The number of hydrogen-bond acceptors (Lipinski definition) is 3. The van der Waals surface area contributed by atoms with Crippen LogP contribution in [-0.4, -0.2) is 27.7 Å². The van der Waals surface area contributed by atoms with Crippen molar-refractivity contribution in [1.82, 2.24) is 10.6 Å². The first kappa shape index (κ1) is 12.9. The van der Waals surface area contributed by atoms with E-state index in [0.717, 1.165) is 24.3 Å². The van der Waals surface area contributed by atoms with Crippen molar-refractivity contribution in [1.29, 1.82) is 0 Å². The van der Waals surface area contributed by atoms with Crippen molar-refractivity contribution in [2.45, 2.75) is 12.5 Å². The van der Waals surface area contributed by atoms with Crippen molar-refractivity contribution in [2.75, 3.05) is 27.7 Å². The fourth-order valence-corrected chi connectivity index (χ4v) is 1.72. The van der Waals surface area contributed by atoms with Crippen LogP contribution in [0.5, 0.6) is 5.75 Å². The highest BCUT2D eigenvalue weighted by molar-refractivity contribution is 5.36. The molecule has 0 fully saturated rings. The Balaban J connectivity index is 2.92. The minimum Gasteiger partial charge on any atom is -0.496 e. The number of ether oxygens (including phenoxy) is 1. The van der Waals surface area contributed by atoms with Crippen LogP contribution in [0.15, 0.2) is 18.2 Å². The highest BCUT2D eigenvalue weighted by Gasteiger charge is 2.14. The normalized spacial score (nSPS) is 12.5. The van der Waals surface area contributed by atoms with Gasteiger partial charge in [-0.05, 0) is 45.3 Å². The van der Waals surface area contributed by atoms with Gasteiger partial charge >= 0.3 is 0 Å². The first-order valence-electron chi connectivity index (χ1n) is 5.38. The van der Waals surface area contributed by atoms with E-state index in [1.165, 1.54) is 12.1 Å². The monoisotopic (exact) mass is 226 g/mol. The van der Waals surface area contributed by atoms with E-state index in [4.69, 9.17) is 4.74 Å². The zero-order chi connectivity index (χ0) is 12.0. The predicted molar refractivity (Wildman–Crippen MR) is 63.3 cm³/mol. The summed E-state index contributed by atoms with van der Waals surface area (Å²) in [5.41, 5.74) is 0.861. The zero-order valence-corrected chi connectivity index (χ0v) is 10.0. The fraction of sp³-hybridized carbons (Fsp3) is 0.500. The Morgan fingerprint density at radius 3 is 2.69 bits per heavy atom. The summed E-state index contributed by atoms with van der Waals surface area (Å²) in [6.07, 6.45) is 0.882. The van der Waals surface area contributed by atoms with Crippen LogP contribution in [-0.2, 0) is 0 Å². The SMILES string of the molecule is CNCCC(NC)c1cc(F)ccc1OC. The van der Waals surface area contributed by atoms with Gasteiger partial charge in [0.15, 0.2) is 0 Å². The molecule has 0 bridgehead atoms. The molecule has 4 heteroatoms. The summed E-state index contributed by atoms with van der Waals surface area (Å²) < 4.78 is 18.4. The molecule has 1 unspecified atom stereocenters. The molecule has 0 saturated heterocycles. The Kier molecular flexibility index (Phi) is 5.22. The third-order valence-corrected chi connectivity index (χ3v) is 2.60. The number of benzene rings is 1. The van der Waals surface area contributed by atoms with Crippen LogP contribution < -0.4 is 15.4 Å². The standard InChI is InChI=1S/C12H19FN2O/c1-14-7-6-11(15-2)10-8-9(13)4-5-12(10)16-3/h4-5,8,11,14-15H,6-7H2,1-3H3. The molecular formula is C12H19FN2O. The van der Waals surface area contributed by atoms with E-state index in [1.54, 1.807) is 13.2 Å². The van der Waals surface area contributed by atoms with Crippen LogP contribution in [0, 0.1) is 5.82 Å². The number of rotatable bonds is 6. The van der Waals surface area contributed by atoms with Crippen LogP contribution in [0.25, 0.3) is 0 Å². The van der Waals surface area contributed by atoms with E-state index in [1.807, 2.05) is 14.1 Å². The van der Waals surface area contributed by atoms with Gasteiger partial charge in [-0.1, -0.05) is 0 Å². The molecule has 0 aliphatic heterocycles. The second kappa shape index (κ2) is 6.45. The van der Waals surface area contributed by atoms with Gasteiger partial charge in [-0.15, -0.1) is 0 Å². The van der Waals surface area contributed by atoms with Gasteiger partial charge in [0.05, 0.1) is 7.11 Å². The van der Waals surface area contributed by atoms with Gasteiger partial charge in [0.1, 0.15) is 11.6 Å². The molecule has 0 aromatic heterocycles. The molecule has 1 atom stereocenters. The lowest BCUT2D eigenvalue weighted by atomic mass is 10.0. The molecule has 0 amide bonds. The molecule has 0 heterocycles. The average Bonchev–Trinajstić information content (AvgIpc) is 2.30. The molecule has 0 aliphatic carbocycles. The fourth-order valence-electron chi connectivity index (χ4n) is 1.72. The number of nitrogens with one attached hydrogen (secondary N) is 2. The molecule has 0 radical (unpaired) electrons. The third-order valence-electron chi connectivity index (χ3n) is 2.60. The van der Waals surface area contributed by atoms with E-state index >= 15 is 0 Å².